The standard InChI is InChI=1S/C22H15BrN2O2/c23-17-9-7-16(8-10-17)22-25-19-14-18(11-12-20(19)27-22)24-21(26)13-6-15-4-2-1-3-5-15/h1-14H,(H,24,26). The molecule has 0 fully saturated rings. The van der Waals surface area contributed by atoms with E-state index in [0.717, 1.165) is 15.6 Å². The van der Waals surface area contributed by atoms with Gasteiger partial charge in [-0.05, 0) is 54.1 Å². The van der Waals surface area contributed by atoms with Crippen molar-refractivity contribution in [2.75, 3.05) is 5.32 Å². The Morgan fingerprint density at radius 1 is 1.00 bits per heavy atom. The molecule has 1 heterocycles. The number of fused-ring (bicyclic) bond motifs is 1. The van der Waals surface area contributed by atoms with Crippen molar-refractivity contribution in [2.24, 2.45) is 0 Å². The Bertz CT molecular complexity index is 1120. The number of halogens is 1. The smallest absolute Gasteiger partial charge is 0.248 e. The van der Waals surface area contributed by atoms with Crippen molar-refractivity contribution in [2.45, 2.75) is 0 Å². The summed E-state index contributed by atoms with van der Waals surface area (Å²) in [5.74, 6) is 0.347. The van der Waals surface area contributed by atoms with E-state index in [1.807, 2.05) is 54.6 Å². The SMILES string of the molecule is O=C(C=Cc1ccccc1)Nc1ccc2oc(-c3ccc(Br)cc3)nc2c1. The van der Waals surface area contributed by atoms with Crippen LogP contribution in [0.4, 0.5) is 5.69 Å². The highest BCUT2D eigenvalue weighted by Gasteiger charge is 2.09. The molecule has 5 heteroatoms. The highest BCUT2D eigenvalue weighted by molar-refractivity contribution is 9.10. The van der Waals surface area contributed by atoms with E-state index in [1.165, 1.54) is 6.08 Å². The van der Waals surface area contributed by atoms with Crippen molar-refractivity contribution < 1.29 is 9.21 Å². The topological polar surface area (TPSA) is 55.1 Å². The first-order chi connectivity index (χ1) is 13.2. The first-order valence-electron chi connectivity index (χ1n) is 8.38. The largest absolute Gasteiger partial charge is 0.436 e. The average molecular weight is 419 g/mol. The van der Waals surface area contributed by atoms with Crippen LogP contribution in [0.5, 0.6) is 0 Å². The van der Waals surface area contributed by atoms with Gasteiger partial charge in [0, 0.05) is 21.8 Å². The fourth-order valence-electron chi connectivity index (χ4n) is 2.64. The molecule has 1 amide bonds. The molecule has 0 saturated carbocycles. The lowest BCUT2D eigenvalue weighted by molar-refractivity contribution is -0.111. The molecule has 4 nitrogen and oxygen atoms in total. The van der Waals surface area contributed by atoms with E-state index in [2.05, 4.69) is 26.2 Å². The zero-order valence-electron chi connectivity index (χ0n) is 14.2. The van der Waals surface area contributed by atoms with Crippen molar-refractivity contribution in [1.29, 1.82) is 0 Å². The second kappa shape index (κ2) is 7.60. The number of aromatic nitrogens is 1. The molecule has 4 aromatic rings. The number of hydrogen-bond donors (Lipinski definition) is 1. The van der Waals surface area contributed by atoms with Crippen LogP contribution in [0.2, 0.25) is 0 Å². The second-order valence-corrected chi connectivity index (χ2v) is 6.86. The Balaban J connectivity index is 1.52. The van der Waals surface area contributed by atoms with Crippen LogP contribution in [0.15, 0.2) is 87.8 Å². The van der Waals surface area contributed by atoms with Gasteiger partial charge < -0.3 is 9.73 Å². The van der Waals surface area contributed by atoms with E-state index in [9.17, 15) is 4.79 Å². The Morgan fingerprint density at radius 3 is 2.56 bits per heavy atom. The second-order valence-electron chi connectivity index (χ2n) is 5.94. The summed E-state index contributed by atoms with van der Waals surface area (Å²) in [6.07, 6.45) is 3.28. The summed E-state index contributed by atoms with van der Waals surface area (Å²) in [7, 11) is 0. The maximum atomic E-state index is 12.1. The molecule has 0 radical (unpaired) electrons. The van der Waals surface area contributed by atoms with Crippen LogP contribution in [0, 0.1) is 0 Å². The summed E-state index contributed by atoms with van der Waals surface area (Å²) in [5.41, 5.74) is 3.90. The first kappa shape index (κ1) is 17.2. The molecule has 0 unspecified atom stereocenters. The van der Waals surface area contributed by atoms with E-state index in [0.29, 0.717) is 22.7 Å². The van der Waals surface area contributed by atoms with Crippen molar-refractivity contribution in [3.8, 4) is 11.5 Å². The quantitative estimate of drug-likeness (QED) is 0.419. The minimum absolute atomic E-state index is 0.199. The number of carbonyl (C=O) groups is 1. The molecule has 0 spiro atoms. The number of anilines is 1. The number of nitrogens with one attached hydrogen (secondary N) is 1. The Labute approximate surface area is 164 Å². The molecule has 0 aliphatic heterocycles. The normalized spacial score (nSPS) is 11.1. The molecule has 1 N–H and O–H groups in total. The third-order valence-electron chi connectivity index (χ3n) is 3.97. The van der Waals surface area contributed by atoms with Gasteiger partial charge in [-0.15, -0.1) is 0 Å². The third kappa shape index (κ3) is 4.15. The minimum Gasteiger partial charge on any atom is -0.436 e. The van der Waals surface area contributed by atoms with Crippen molar-refractivity contribution >= 4 is 44.7 Å². The lowest BCUT2D eigenvalue weighted by Crippen LogP contribution is -2.07. The molecule has 4 rings (SSSR count). The maximum Gasteiger partial charge on any atom is 0.248 e. The predicted octanol–water partition coefficient (Wildman–Crippen LogP) is 5.91. The van der Waals surface area contributed by atoms with Gasteiger partial charge in [0.05, 0.1) is 0 Å². The van der Waals surface area contributed by atoms with Gasteiger partial charge in [-0.1, -0.05) is 46.3 Å². The van der Waals surface area contributed by atoms with E-state index in [1.54, 1.807) is 24.3 Å². The number of nitrogens with zero attached hydrogens (tertiary/aromatic N) is 1. The lowest BCUT2D eigenvalue weighted by atomic mass is 10.2. The van der Waals surface area contributed by atoms with Crippen LogP contribution in [0.25, 0.3) is 28.6 Å². The van der Waals surface area contributed by atoms with Crippen molar-refractivity contribution in [3.05, 3.63) is 88.9 Å². The van der Waals surface area contributed by atoms with E-state index >= 15 is 0 Å². The van der Waals surface area contributed by atoms with Crippen molar-refractivity contribution in [1.82, 2.24) is 4.98 Å². The average Bonchev–Trinajstić information content (AvgIpc) is 3.11. The number of benzene rings is 3. The van der Waals surface area contributed by atoms with Gasteiger partial charge in [-0.25, -0.2) is 4.98 Å². The third-order valence-corrected chi connectivity index (χ3v) is 4.50. The molecule has 0 saturated heterocycles. The monoisotopic (exact) mass is 418 g/mol. The summed E-state index contributed by atoms with van der Waals surface area (Å²) in [6, 6.07) is 22.8. The first-order valence-corrected chi connectivity index (χ1v) is 9.17. The Kier molecular flexibility index (Phi) is 4.85. The van der Waals surface area contributed by atoms with Gasteiger partial charge in [0.25, 0.3) is 0 Å². The molecule has 0 aliphatic rings. The Morgan fingerprint density at radius 2 is 1.78 bits per heavy atom. The highest BCUT2D eigenvalue weighted by atomic mass is 79.9. The molecule has 0 bridgehead atoms. The zero-order chi connectivity index (χ0) is 18.6. The lowest BCUT2D eigenvalue weighted by Gasteiger charge is -2.01. The van der Waals surface area contributed by atoms with E-state index in [4.69, 9.17) is 4.42 Å². The van der Waals surface area contributed by atoms with Gasteiger partial charge in [0.1, 0.15) is 5.52 Å². The summed E-state index contributed by atoms with van der Waals surface area (Å²) in [6.45, 7) is 0. The Hall–Kier alpha value is -3.18. The van der Waals surface area contributed by atoms with Crippen molar-refractivity contribution in [3.63, 3.8) is 0 Å². The van der Waals surface area contributed by atoms with Gasteiger partial charge in [0.15, 0.2) is 5.58 Å². The fraction of sp³-hybridized carbons (Fsp3) is 0. The van der Waals surface area contributed by atoms with Crippen LogP contribution >= 0.6 is 15.9 Å². The number of amides is 1. The molecular formula is C22H15BrN2O2. The summed E-state index contributed by atoms with van der Waals surface area (Å²) < 4.78 is 6.80. The molecule has 132 valence electrons. The molecular weight excluding hydrogens is 404 g/mol. The molecule has 0 aliphatic carbocycles. The summed E-state index contributed by atoms with van der Waals surface area (Å²) in [5, 5.41) is 2.85. The maximum absolute atomic E-state index is 12.1. The van der Waals surface area contributed by atoms with Crippen LogP contribution in [-0.2, 0) is 4.79 Å². The van der Waals surface area contributed by atoms with E-state index < -0.39 is 0 Å². The summed E-state index contributed by atoms with van der Waals surface area (Å²) in [4.78, 5) is 16.7. The predicted molar refractivity (Wildman–Crippen MR) is 111 cm³/mol. The van der Waals surface area contributed by atoms with Crippen LogP contribution in [0.3, 0.4) is 0 Å². The van der Waals surface area contributed by atoms with Crippen LogP contribution in [0.1, 0.15) is 5.56 Å². The molecule has 1 aromatic heterocycles. The van der Waals surface area contributed by atoms with Crippen LogP contribution < -0.4 is 5.32 Å². The number of rotatable bonds is 4. The number of carbonyl (C=O) groups excluding carboxylic acids is 1. The molecule has 0 atom stereocenters. The number of oxazole rings is 1. The van der Waals surface area contributed by atoms with Gasteiger partial charge in [-0.3, -0.25) is 4.79 Å². The zero-order valence-corrected chi connectivity index (χ0v) is 15.8. The summed E-state index contributed by atoms with van der Waals surface area (Å²) >= 11 is 3.42. The molecule has 27 heavy (non-hydrogen) atoms. The van der Waals surface area contributed by atoms with E-state index in [-0.39, 0.29) is 5.91 Å². The minimum atomic E-state index is -0.199. The van der Waals surface area contributed by atoms with Gasteiger partial charge in [0.2, 0.25) is 11.8 Å². The van der Waals surface area contributed by atoms with Crippen LogP contribution in [-0.4, -0.2) is 10.9 Å². The molecule has 3 aromatic carbocycles. The number of hydrogen-bond acceptors (Lipinski definition) is 3. The van der Waals surface area contributed by atoms with Gasteiger partial charge >= 0.3 is 0 Å². The highest BCUT2D eigenvalue weighted by Crippen LogP contribution is 2.27. The van der Waals surface area contributed by atoms with Gasteiger partial charge in [-0.2, -0.15) is 0 Å². The fourth-order valence-corrected chi connectivity index (χ4v) is 2.91.